The van der Waals surface area contributed by atoms with Crippen molar-refractivity contribution in [3.05, 3.63) is 53.5 Å². The molecule has 0 spiro atoms. The molecule has 1 saturated heterocycles. The Morgan fingerprint density at radius 3 is 2.59 bits per heavy atom. The van der Waals surface area contributed by atoms with E-state index >= 15 is 0 Å². The van der Waals surface area contributed by atoms with Gasteiger partial charge in [0.25, 0.3) is 0 Å². The molecule has 1 fully saturated rings. The number of hydrogen-bond acceptors (Lipinski definition) is 5. The lowest BCUT2D eigenvalue weighted by atomic mass is 9.90. The summed E-state index contributed by atoms with van der Waals surface area (Å²) < 4.78 is 64.0. The fraction of sp³-hybridized carbons (Fsp3) is 0.429. The predicted molar refractivity (Wildman–Crippen MR) is 116 cm³/mol. The van der Waals surface area contributed by atoms with Gasteiger partial charge in [-0.05, 0) is 23.1 Å². The summed E-state index contributed by atoms with van der Waals surface area (Å²) in [6.45, 7) is 2.75. The quantitative estimate of drug-likeness (QED) is 0.576. The molecule has 7 nitrogen and oxygen atoms in total. The smallest absolute Gasteiger partial charge is 0.366 e. The molecule has 1 N–H and O–H groups in total. The number of hydrogen-bond donors (Lipinski definition) is 1. The molecule has 32 heavy (non-hydrogen) atoms. The fourth-order valence-electron chi connectivity index (χ4n) is 3.89. The highest BCUT2D eigenvalue weighted by Gasteiger charge is 2.43. The second-order valence-corrected chi connectivity index (χ2v) is 10.0. The lowest BCUT2D eigenvalue weighted by Crippen LogP contribution is -2.50. The molecule has 1 aromatic carbocycles. The van der Waals surface area contributed by atoms with Crippen molar-refractivity contribution in [2.75, 3.05) is 24.2 Å². The maximum Gasteiger partial charge on any atom is 0.404 e. The van der Waals surface area contributed by atoms with Crippen molar-refractivity contribution in [3.63, 3.8) is 0 Å². The minimum absolute atomic E-state index is 0.0772. The zero-order valence-corrected chi connectivity index (χ0v) is 18.5. The molecule has 3 aromatic rings. The molecule has 4 rings (SSSR count). The van der Waals surface area contributed by atoms with Crippen LogP contribution in [-0.4, -0.2) is 52.3 Å². The topological polar surface area (TPSA) is 80.1 Å². The summed E-state index contributed by atoms with van der Waals surface area (Å²) in [5, 5.41) is 3.32. The summed E-state index contributed by atoms with van der Waals surface area (Å²) in [5.41, 5.74) is 4.93. The van der Waals surface area contributed by atoms with Gasteiger partial charge in [0.1, 0.15) is 11.3 Å². The normalized spacial score (nSPS) is 15.8. The first kappa shape index (κ1) is 22.5. The van der Waals surface area contributed by atoms with Crippen molar-refractivity contribution >= 4 is 26.9 Å². The maximum atomic E-state index is 12.5. The van der Waals surface area contributed by atoms with Crippen LogP contribution in [0, 0.1) is 0 Å². The number of nitrogens with zero attached hydrogens (tertiary/aromatic N) is 4. The number of anilines is 1. The van der Waals surface area contributed by atoms with Gasteiger partial charge in [-0.15, -0.1) is 0 Å². The highest BCUT2D eigenvalue weighted by molar-refractivity contribution is 7.89. The molecule has 0 unspecified atom stereocenters. The zero-order chi connectivity index (χ0) is 23.1. The Bertz CT molecular complexity index is 1230. The second-order valence-electron chi connectivity index (χ2n) is 8.03. The summed E-state index contributed by atoms with van der Waals surface area (Å²) in [5.74, 6) is -1.17. The van der Waals surface area contributed by atoms with E-state index in [2.05, 4.69) is 15.3 Å². The van der Waals surface area contributed by atoms with E-state index in [1.54, 1.807) is 12.5 Å². The number of benzene rings is 1. The Morgan fingerprint density at radius 1 is 1.16 bits per heavy atom. The number of sulfonamides is 1. The highest BCUT2D eigenvalue weighted by atomic mass is 32.2. The SMILES string of the molecule is CCc1cc(C2CN(S(=O)(=O)CC(F)(F)F)C2)ccc1CNc1cc2c(cn1)ncn2C. The highest BCUT2D eigenvalue weighted by Crippen LogP contribution is 2.32. The van der Waals surface area contributed by atoms with Crippen LogP contribution in [0.2, 0.25) is 0 Å². The van der Waals surface area contributed by atoms with Crippen LogP contribution in [0.5, 0.6) is 0 Å². The van der Waals surface area contributed by atoms with Crippen LogP contribution < -0.4 is 5.32 Å². The molecule has 0 radical (unpaired) electrons. The lowest BCUT2D eigenvalue weighted by molar-refractivity contribution is -0.107. The van der Waals surface area contributed by atoms with Crippen LogP contribution in [0.3, 0.4) is 0 Å². The molecular formula is C21H24F3N5O2S. The first-order valence-electron chi connectivity index (χ1n) is 10.2. The lowest BCUT2D eigenvalue weighted by Gasteiger charge is -2.38. The van der Waals surface area contributed by atoms with Crippen LogP contribution in [-0.2, 0) is 30.0 Å². The minimum Gasteiger partial charge on any atom is -0.366 e. The van der Waals surface area contributed by atoms with Gasteiger partial charge in [0.2, 0.25) is 10.0 Å². The molecular weight excluding hydrogens is 443 g/mol. The Hall–Kier alpha value is -2.66. The standard InChI is InChI=1S/C21H24F3N5O2S/c1-3-14-6-15(17-10-29(11-17)32(30,31)12-21(22,23)24)4-5-16(14)8-25-20-7-19-18(9-26-20)27-13-28(19)2/h4-7,9,13,17H,3,8,10-12H2,1-2H3,(H,25,26). The second kappa shape index (κ2) is 8.36. The molecule has 11 heteroatoms. The summed E-state index contributed by atoms with van der Waals surface area (Å²) in [6, 6.07) is 7.86. The van der Waals surface area contributed by atoms with Gasteiger partial charge in [-0.25, -0.2) is 22.7 Å². The van der Waals surface area contributed by atoms with Gasteiger partial charge in [0.05, 0.1) is 18.0 Å². The summed E-state index contributed by atoms with van der Waals surface area (Å²) in [4.78, 5) is 8.64. The Kier molecular flexibility index (Phi) is 5.89. The van der Waals surface area contributed by atoms with Crippen molar-refractivity contribution in [2.45, 2.75) is 32.0 Å². The Balaban J connectivity index is 1.41. The van der Waals surface area contributed by atoms with Crippen molar-refractivity contribution in [2.24, 2.45) is 7.05 Å². The number of alkyl halides is 3. The van der Waals surface area contributed by atoms with E-state index in [0.717, 1.165) is 44.3 Å². The van der Waals surface area contributed by atoms with E-state index in [-0.39, 0.29) is 19.0 Å². The van der Waals surface area contributed by atoms with E-state index in [4.69, 9.17) is 0 Å². The molecule has 0 aliphatic carbocycles. The number of rotatable bonds is 7. The zero-order valence-electron chi connectivity index (χ0n) is 17.7. The first-order chi connectivity index (χ1) is 15.1. The average molecular weight is 468 g/mol. The molecule has 1 aliphatic heterocycles. The number of nitrogens with one attached hydrogen (secondary N) is 1. The van der Waals surface area contributed by atoms with Crippen molar-refractivity contribution in [1.29, 1.82) is 0 Å². The van der Waals surface area contributed by atoms with Gasteiger partial charge < -0.3 is 9.88 Å². The van der Waals surface area contributed by atoms with Crippen LogP contribution in [0.25, 0.3) is 11.0 Å². The molecule has 1 aliphatic rings. The van der Waals surface area contributed by atoms with Crippen molar-refractivity contribution < 1.29 is 21.6 Å². The van der Waals surface area contributed by atoms with E-state index < -0.39 is 22.0 Å². The first-order valence-corrected chi connectivity index (χ1v) is 11.8. The average Bonchev–Trinajstić information content (AvgIpc) is 3.04. The Morgan fingerprint density at radius 2 is 1.91 bits per heavy atom. The number of pyridine rings is 1. The van der Waals surface area contributed by atoms with Crippen molar-refractivity contribution in [3.8, 4) is 0 Å². The van der Waals surface area contributed by atoms with Gasteiger partial charge in [-0.2, -0.15) is 13.2 Å². The van der Waals surface area contributed by atoms with E-state index in [1.807, 2.05) is 42.8 Å². The number of fused-ring (bicyclic) bond motifs is 1. The Labute approximate surface area is 184 Å². The summed E-state index contributed by atoms with van der Waals surface area (Å²) in [7, 11) is -2.40. The molecule has 2 aromatic heterocycles. The molecule has 0 atom stereocenters. The monoisotopic (exact) mass is 467 g/mol. The fourth-order valence-corrected chi connectivity index (χ4v) is 5.30. The summed E-state index contributed by atoms with van der Waals surface area (Å²) in [6.07, 6.45) is -0.497. The predicted octanol–water partition coefficient (Wildman–Crippen LogP) is 3.43. The van der Waals surface area contributed by atoms with E-state index in [0.29, 0.717) is 6.54 Å². The van der Waals surface area contributed by atoms with E-state index in [9.17, 15) is 21.6 Å². The van der Waals surface area contributed by atoms with Gasteiger partial charge in [-0.3, -0.25) is 0 Å². The molecule has 3 heterocycles. The van der Waals surface area contributed by atoms with E-state index in [1.165, 1.54) is 0 Å². The van der Waals surface area contributed by atoms with Gasteiger partial charge in [0.15, 0.2) is 5.75 Å². The number of imidazole rings is 1. The molecule has 172 valence electrons. The van der Waals surface area contributed by atoms with Gasteiger partial charge in [0, 0.05) is 38.7 Å². The van der Waals surface area contributed by atoms with Gasteiger partial charge >= 0.3 is 6.18 Å². The van der Waals surface area contributed by atoms with Crippen LogP contribution in [0.4, 0.5) is 19.0 Å². The molecule has 0 amide bonds. The van der Waals surface area contributed by atoms with Gasteiger partial charge in [-0.1, -0.05) is 25.1 Å². The third-order valence-corrected chi connectivity index (χ3v) is 7.52. The third kappa shape index (κ3) is 4.73. The molecule has 0 saturated carbocycles. The minimum atomic E-state index is -4.73. The number of aromatic nitrogens is 3. The van der Waals surface area contributed by atoms with Crippen LogP contribution >= 0.6 is 0 Å². The largest absolute Gasteiger partial charge is 0.404 e. The maximum absolute atomic E-state index is 12.5. The third-order valence-electron chi connectivity index (χ3n) is 5.74. The van der Waals surface area contributed by atoms with Crippen LogP contribution in [0.1, 0.15) is 29.5 Å². The number of aryl methyl sites for hydroxylation is 2. The van der Waals surface area contributed by atoms with Crippen molar-refractivity contribution in [1.82, 2.24) is 18.8 Å². The van der Waals surface area contributed by atoms with Crippen LogP contribution in [0.15, 0.2) is 36.8 Å². The molecule has 0 bridgehead atoms. The summed E-state index contributed by atoms with van der Waals surface area (Å²) >= 11 is 0. The number of halogens is 3.